The molecular weight excluding hydrogens is 252 g/mol. The molecule has 0 saturated carbocycles. The zero-order valence-corrected chi connectivity index (χ0v) is 11.8. The van der Waals surface area contributed by atoms with Gasteiger partial charge in [-0.2, -0.15) is 4.98 Å². The Morgan fingerprint density at radius 1 is 1.56 bits per heavy atom. The zero-order chi connectivity index (χ0) is 13.5. The molecule has 0 aliphatic carbocycles. The Bertz CT molecular complexity index is 414. The van der Waals surface area contributed by atoms with Crippen molar-refractivity contribution >= 4 is 22.3 Å². The van der Waals surface area contributed by atoms with E-state index in [9.17, 15) is 4.21 Å². The smallest absolute Gasteiger partial charge is 0.242 e. The summed E-state index contributed by atoms with van der Waals surface area (Å²) in [5.41, 5.74) is 6.30. The highest BCUT2D eigenvalue weighted by Gasteiger charge is 2.12. The van der Waals surface area contributed by atoms with Crippen molar-refractivity contribution in [3.05, 3.63) is 6.33 Å². The molecule has 0 aliphatic heterocycles. The molecule has 0 aliphatic rings. The first-order valence-corrected chi connectivity index (χ1v) is 7.57. The van der Waals surface area contributed by atoms with Gasteiger partial charge >= 0.3 is 0 Å². The van der Waals surface area contributed by atoms with Gasteiger partial charge in [0.25, 0.3) is 0 Å². The average molecular weight is 272 g/mol. The van der Waals surface area contributed by atoms with Gasteiger partial charge in [-0.3, -0.25) is 4.21 Å². The van der Waals surface area contributed by atoms with Crippen molar-refractivity contribution in [2.45, 2.75) is 26.3 Å². The molecule has 0 fully saturated rings. The molecule has 1 aromatic heterocycles. The summed E-state index contributed by atoms with van der Waals surface area (Å²) >= 11 is 0. The zero-order valence-electron chi connectivity index (χ0n) is 11.0. The molecule has 0 spiro atoms. The summed E-state index contributed by atoms with van der Waals surface area (Å²) in [6.45, 7) is 4.50. The lowest BCUT2D eigenvalue weighted by atomic mass is 10.3. The Balaban J connectivity index is 2.73. The molecule has 3 N–H and O–H groups in total. The van der Waals surface area contributed by atoms with Crippen LogP contribution in [0.25, 0.3) is 0 Å². The molecule has 2 atom stereocenters. The standard InChI is InChI=1S/C11H20N4O2S/c1-4-5-17-11-9(12)10(13-7-14-11)15-8(2)6-18(3)16/h7-8H,4-6,12H2,1-3H3,(H,13,14,15). The van der Waals surface area contributed by atoms with Crippen LogP contribution in [0, 0.1) is 0 Å². The second-order valence-electron chi connectivity index (χ2n) is 4.07. The number of ether oxygens (including phenoxy) is 1. The number of nitrogen functional groups attached to an aromatic ring is 1. The maximum absolute atomic E-state index is 11.1. The van der Waals surface area contributed by atoms with Gasteiger partial charge < -0.3 is 15.8 Å². The summed E-state index contributed by atoms with van der Waals surface area (Å²) in [4.78, 5) is 8.05. The number of nitrogens with two attached hydrogens (primary N) is 1. The molecule has 6 nitrogen and oxygen atoms in total. The van der Waals surface area contributed by atoms with Gasteiger partial charge in [0.2, 0.25) is 5.88 Å². The Kier molecular flexibility index (Phi) is 5.84. The molecule has 0 saturated heterocycles. The van der Waals surface area contributed by atoms with Crippen LogP contribution >= 0.6 is 0 Å². The SMILES string of the molecule is CCCOc1ncnc(NC(C)CS(C)=O)c1N. The van der Waals surface area contributed by atoms with Crippen LogP contribution in [0.4, 0.5) is 11.5 Å². The van der Waals surface area contributed by atoms with Crippen LogP contribution in [-0.4, -0.2) is 38.8 Å². The normalized spacial score (nSPS) is 13.9. The summed E-state index contributed by atoms with van der Waals surface area (Å²) in [5, 5.41) is 3.11. The van der Waals surface area contributed by atoms with E-state index in [1.54, 1.807) is 6.26 Å². The molecule has 1 aromatic rings. The van der Waals surface area contributed by atoms with Crippen molar-refractivity contribution in [2.24, 2.45) is 0 Å². The number of nitrogens with one attached hydrogen (secondary N) is 1. The highest BCUT2D eigenvalue weighted by Crippen LogP contribution is 2.25. The quantitative estimate of drug-likeness (QED) is 0.770. The van der Waals surface area contributed by atoms with E-state index in [4.69, 9.17) is 10.5 Å². The fraction of sp³-hybridized carbons (Fsp3) is 0.636. The van der Waals surface area contributed by atoms with Crippen molar-refractivity contribution < 1.29 is 8.95 Å². The van der Waals surface area contributed by atoms with E-state index in [-0.39, 0.29) is 6.04 Å². The summed E-state index contributed by atoms with van der Waals surface area (Å²) < 4.78 is 16.5. The van der Waals surface area contributed by atoms with Crippen molar-refractivity contribution in [3.63, 3.8) is 0 Å². The minimum absolute atomic E-state index is 0.0204. The molecule has 0 amide bonds. The summed E-state index contributed by atoms with van der Waals surface area (Å²) in [6, 6.07) is 0.0204. The maximum atomic E-state index is 11.1. The second kappa shape index (κ2) is 7.15. The molecule has 0 bridgehead atoms. The van der Waals surface area contributed by atoms with E-state index in [1.165, 1.54) is 6.33 Å². The topological polar surface area (TPSA) is 90.1 Å². The van der Waals surface area contributed by atoms with Crippen LogP contribution in [0.3, 0.4) is 0 Å². The Labute approximate surface area is 110 Å². The Morgan fingerprint density at radius 2 is 2.28 bits per heavy atom. The van der Waals surface area contributed by atoms with Crippen LogP contribution in [-0.2, 0) is 10.8 Å². The molecule has 18 heavy (non-hydrogen) atoms. The van der Waals surface area contributed by atoms with Gasteiger partial charge in [0, 0.05) is 28.9 Å². The predicted molar refractivity (Wildman–Crippen MR) is 74.2 cm³/mol. The fourth-order valence-electron chi connectivity index (χ4n) is 1.44. The van der Waals surface area contributed by atoms with Crippen molar-refractivity contribution in [1.29, 1.82) is 0 Å². The summed E-state index contributed by atoms with van der Waals surface area (Å²) in [6.07, 6.45) is 3.95. The number of rotatable bonds is 7. The van der Waals surface area contributed by atoms with Gasteiger partial charge in [-0.05, 0) is 13.3 Å². The fourth-order valence-corrected chi connectivity index (χ4v) is 2.22. The summed E-state index contributed by atoms with van der Waals surface area (Å²) in [7, 11) is -0.864. The maximum Gasteiger partial charge on any atom is 0.242 e. The van der Waals surface area contributed by atoms with E-state index in [2.05, 4.69) is 15.3 Å². The Hall–Kier alpha value is -1.37. The number of hydrogen-bond donors (Lipinski definition) is 2. The Morgan fingerprint density at radius 3 is 2.89 bits per heavy atom. The first kappa shape index (κ1) is 14.7. The largest absolute Gasteiger partial charge is 0.476 e. The van der Waals surface area contributed by atoms with Crippen LogP contribution in [0.5, 0.6) is 5.88 Å². The molecule has 1 heterocycles. The molecule has 1 rings (SSSR count). The average Bonchev–Trinajstić information content (AvgIpc) is 2.29. The number of aromatic nitrogens is 2. The third kappa shape index (κ3) is 4.48. The van der Waals surface area contributed by atoms with Gasteiger partial charge in [0.15, 0.2) is 5.82 Å². The molecule has 7 heteroatoms. The molecule has 2 unspecified atom stereocenters. The van der Waals surface area contributed by atoms with E-state index < -0.39 is 10.8 Å². The molecule has 0 radical (unpaired) electrons. The minimum Gasteiger partial charge on any atom is -0.476 e. The minimum atomic E-state index is -0.864. The molecule has 0 aromatic carbocycles. The molecular formula is C11H20N4O2S. The van der Waals surface area contributed by atoms with E-state index in [0.29, 0.717) is 29.7 Å². The van der Waals surface area contributed by atoms with Crippen LogP contribution in [0.2, 0.25) is 0 Å². The monoisotopic (exact) mass is 272 g/mol. The van der Waals surface area contributed by atoms with E-state index in [1.807, 2.05) is 13.8 Å². The highest BCUT2D eigenvalue weighted by atomic mass is 32.2. The lowest BCUT2D eigenvalue weighted by Gasteiger charge is -2.15. The molecule has 102 valence electrons. The lowest BCUT2D eigenvalue weighted by molar-refractivity contribution is 0.306. The number of hydrogen-bond acceptors (Lipinski definition) is 6. The third-order valence-corrected chi connectivity index (χ3v) is 3.13. The number of nitrogens with zero attached hydrogens (tertiary/aromatic N) is 2. The number of anilines is 2. The van der Waals surface area contributed by atoms with Crippen LogP contribution in [0.15, 0.2) is 6.33 Å². The van der Waals surface area contributed by atoms with E-state index >= 15 is 0 Å². The van der Waals surface area contributed by atoms with Gasteiger partial charge in [-0.1, -0.05) is 6.92 Å². The van der Waals surface area contributed by atoms with Crippen molar-refractivity contribution in [3.8, 4) is 5.88 Å². The van der Waals surface area contributed by atoms with Crippen molar-refractivity contribution in [2.75, 3.05) is 29.7 Å². The first-order chi connectivity index (χ1) is 8.54. The van der Waals surface area contributed by atoms with Gasteiger partial charge in [-0.15, -0.1) is 0 Å². The highest BCUT2D eigenvalue weighted by molar-refractivity contribution is 7.84. The van der Waals surface area contributed by atoms with Gasteiger partial charge in [0.1, 0.15) is 12.0 Å². The van der Waals surface area contributed by atoms with Crippen LogP contribution < -0.4 is 15.8 Å². The van der Waals surface area contributed by atoms with Gasteiger partial charge in [-0.25, -0.2) is 4.98 Å². The summed E-state index contributed by atoms with van der Waals surface area (Å²) in [5.74, 6) is 1.45. The van der Waals surface area contributed by atoms with Crippen molar-refractivity contribution in [1.82, 2.24) is 9.97 Å². The van der Waals surface area contributed by atoms with E-state index in [0.717, 1.165) is 6.42 Å². The van der Waals surface area contributed by atoms with Gasteiger partial charge in [0.05, 0.1) is 6.61 Å². The lowest BCUT2D eigenvalue weighted by Crippen LogP contribution is -2.23. The van der Waals surface area contributed by atoms with Crippen LogP contribution in [0.1, 0.15) is 20.3 Å². The predicted octanol–water partition coefficient (Wildman–Crippen LogP) is 1.03. The second-order valence-corrected chi connectivity index (χ2v) is 5.55. The third-order valence-electron chi connectivity index (χ3n) is 2.16. The first-order valence-electron chi connectivity index (χ1n) is 5.84.